The van der Waals surface area contributed by atoms with E-state index in [2.05, 4.69) is 67.3 Å². The van der Waals surface area contributed by atoms with E-state index < -0.39 is 0 Å². The molecule has 1 atom stereocenters. The second kappa shape index (κ2) is 9.58. The number of aliphatic hydroxyl groups is 1. The van der Waals surface area contributed by atoms with Crippen molar-refractivity contribution in [2.45, 2.75) is 58.5 Å². The van der Waals surface area contributed by atoms with Crippen molar-refractivity contribution in [3.8, 4) is 11.5 Å². The third-order valence-electron chi connectivity index (χ3n) is 8.58. The molecule has 0 amide bonds. The van der Waals surface area contributed by atoms with Crippen LogP contribution in [0.15, 0.2) is 88.2 Å². The zero-order valence-electron chi connectivity index (χ0n) is 22.4. The number of allylic oxidation sites excluding steroid dienone is 3. The van der Waals surface area contributed by atoms with Gasteiger partial charge in [-0.1, -0.05) is 12.1 Å². The van der Waals surface area contributed by atoms with Gasteiger partial charge in [0.15, 0.2) is 0 Å². The van der Waals surface area contributed by atoms with Crippen LogP contribution < -0.4 is 9.64 Å². The number of hydrogen-bond acceptors (Lipinski definition) is 3. The minimum Gasteiger partial charge on any atom is -0.574 e. The molecule has 3 aliphatic heterocycles. The number of ether oxygens (including phenoxy) is 3. The van der Waals surface area contributed by atoms with Gasteiger partial charge >= 0.3 is 0 Å². The molecular weight excluding hydrogens is 470 g/mol. The quantitative estimate of drug-likeness (QED) is 0.396. The van der Waals surface area contributed by atoms with Crippen molar-refractivity contribution in [2.75, 3.05) is 24.6 Å². The molecule has 1 saturated carbocycles. The monoisotopic (exact) mass is 506 g/mol. The van der Waals surface area contributed by atoms with Crippen LogP contribution >= 0.6 is 0 Å². The summed E-state index contributed by atoms with van der Waals surface area (Å²) in [5.41, 5.74) is 10.3. The highest BCUT2D eigenvalue weighted by molar-refractivity contribution is 5.76. The normalized spacial score (nSPS) is 22.5. The Morgan fingerprint density at radius 1 is 0.947 bits per heavy atom. The topological polar surface area (TPSA) is 34.5 Å². The minimum atomic E-state index is 0.146. The molecule has 0 saturated heterocycles. The first kappa shape index (κ1) is 23.5. The van der Waals surface area contributed by atoms with E-state index in [0.29, 0.717) is 6.61 Å². The third-order valence-corrected chi connectivity index (χ3v) is 8.58. The zero-order chi connectivity index (χ0) is 25.6. The van der Waals surface area contributed by atoms with Gasteiger partial charge in [0, 0.05) is 35.5 Å². The Morgan fingerprint density at radius 2 is 1.82 bits per heavy atom. The van der Waals surface area contributed by atoms with Gasteiger partial charge < -0.3 is 19.1 Å². The molecular formula is C34H36NO3+. The van der Waals surface area contributed by atoms with Crippen molar-refractivity contribution in [1.29, 1.82) is 0 Å². The van der Waals surface area contributed by atoms with E-state index in [0.717, 1.165) is 79.3 Å². The molecule has 38 heavy (non-hydrogen) atoms. The summed E-state index contributed by atoms with van der Waals surface area (Å²) in [6.45, 7) is 7.02. The van der Waals surface area contributed by atoms with E-state index in [9.17, 15) is 0 Å². The molecule has 3 heterocycles. The second-order valence-corrected chi connectivity index (χ2v) is 10.9. The van der Waals surface area contributed by atoms with Gasteiger partial charge in [-0.15, -0.1) is 0 Å². The lowest BCUT2D eigenvalue weighted by Gasteiger charge is -2.33. The Bertz CT molecular complexity index is 1450. The van der Waals surface area contributed by atoms with Crippen molar-refractivity contribution >= 4 is 17.5 Å². The van der Waals surface area contributed by atoms with Crippen molar-refractivity contribution in [3.05, 3.63) is 99.4 Å². The van der Waals surface area contributed by atoms with Crippen molar-refractivity contribution in [3.63, 3.8) is 0 Å². The standard InChI is InChI=1S/C34H35NO3/c1-3-35(4-2)28-16-15-22-17-23-9-7-10-24(32(23)37-31(22)20-28)18-25-11-8-12-26-19-27-21-36-30-14-6-5-13-29(30)34(27)38-33(25)26/h5-6,13-20,32H,3-4,7-12,21H2,1-2H3/p+1/b24-18+. The summed E-state index contributed by atoms with van der Waals surface area (Å²) in [6.07, 6.45) is 14.0. The van der Waals surface area contributed by atoms with E-state index >= 15 is 0 Å². The largest absolute Gasteiger partial charge is 0.574 e. The Labute approximate surface area is 225 Å². The molecule has 0 spiro atoms. The molecule has 1 fully saturated rings. The lowest BCUT2D eigenvalue weighted by atomic mass is 9.82. The summed E-state index contributed by atoms with van der Waals surface area (Å²) in [4.78, 5) is 2.40. The average molecular weight is 507 g/mol. The first-order chi connectivity index (χ1) is 18.7. The predicted molar refractivity (Wildman–Crippen MR) is 154 cm³/mol. The van der Waals surface area contributed by atoms with Gasteiger partial charge in [-0.05, 0) is 106 Å². The Balaban J connectivity index is 1.23. The van der Waals surface area contributed by atoms with Gasteiger partial charge in [0.2, 0.25) is 6.10 Å². The maximum absolute atomic E-state index is 6.75. The van der Waals surface area contributed by atoms with E-state index in [1.807, 2.05) is 12.1 Å². The molecule has 0 bridgehead atoms. The molecule has 1 N–H and O–H groups in total. The number of aromatic hydroxyl groups is 1. The van der Waals surface area contributed by atoms with Crippen molar-refractivity contribution in [2.24, 2.45) is 0 Å². The molecule has 4 heteroatoms. The van der Waals surface area contributed by atoms with Gasteiger partial charge in [-0.3, -0.25) is 0 Å². The van der Waals surface area contributed by atoms with Crippen LogP contribution in [-0.4, -0.2) is 30.5 Å². The number of fused-ring (bicyclic) bond motifs is 5. The molecule has 194 valence electrons. The van der Waals surface area contributed by atoms with Gasteiger partial charge in [-0.2, -0.15) is 0 Å². The van der Waals surface area contributed by atoms with Crippen LogP contribution in [0, 0.1) is 0 Å². The molecule has 5 aliphatic rings. The van der Waals surface area contributed by atoms with Gasteiger partial charge in [-0.25, -0.2) is 0 Å². The summed E-state index contributed by atoms with van der Waals surface area (Å²) < 4.78 is 18.1. The summed E-state index contributed by atoms with van der Waals surface area (Å²) in [7, 11) is 0. The van der Waals surface area contributed by atoms with Crippen LogP contribution in [0.2, 0.25) is 0 Å². The fourth-order valence-corrected chi connectivity index (χ4v) is 6.61. The SMILES string of the molecule is CCN(CC)c1ccc2c(c1)[OH+]C1C(=C2)CCC/C1=C\C1=C2OC3=C(C=C2CCC1)COc1ccccc13. The van der Waals surface area contributed by atoms with E-state index in [1.54, 1.807) is 0 Å². The van der Waals surface area contributed by atoms with E-state index in [4.69, 9.17) is 14.2 Å². The minimum absolute atomic E-state index is 0.146. The first-order valence-corrected chi connectivity index (χ1v) is 14.3. The number of rotatable bonds is 4. The second-order valence-electron chi connectivity index (χ2n) is 10.9. The number of anilines is 1. The smallest absolute Gasteiger partial charge is 0.264 e. The molecule has 4 nitrogen and oxygen atoms in total. The van der Waals surface area contributed by atoms with E-state index in [1.165, 1.54) is 40.0 Å². The highest BCUT2D eigenvalue weighted by Crippen LogP contribution is 2.46. The molecule has 0 aromatic heterocycles. The van der Waals surface area contributed by atoms with Crippen LogP contribution in [0.4, 0.5) is 5.69 Å². The summed E-state index contributed by atoms with van der Waals surface area (Å²) in [5, 5.41) is 0. The molecule has 2 aliphatic carbocycles. The van der Waals surface area contributed by atoms with Gasteiger partial charge in [0.1, 0.15) is 23.9 Å². The number of hydrogen-bond donors (Lipinski definition) is 0. The maximum atomic E-state index is 6.75. The fourth-order valence-electron chi connectivity index (χ4n) is 6.61. The first-order valence-electron chi connectivity index (χ1n) is 14.3. The predicted octanol–water partition coefficient (Wildman–Crippen LogP) is 7.85. The van der Waals surface area contributed by atoms with Crippen LogP contribution in [0.25, 0.3) is 11.8 Å². The number of benzene rings is 2. The van der Waals surface area contributed by atoms with E-state index in [-0.39, 0.29) is 6.10 Å². The van der Waals surface area contributed by atoms with Gasteiger partial charge in [0.05, 0.1) is 17.2 Å². The van der Waals surface area contributed by atoms with Crippen LogP contribution in [0.3, 0.4) is 0 Å². The molecule has 1 unspecified atom stereocenters. The lowest BCUT2D eigenvalue weighted by Crippen LogP contribution is -2.27. The fraction of sp³-hybridized carbons (Fsp3) is 0.353. The molecule has 0 radical (unpaired) electrons. The average Bonchev–Trinajstić information content (AvgIpc) is 2.96. The highest BCUT2D eigenvalue weighted by Gasteiger charge is 2.35. The molecule has 2 aromatic carbocycles. The van der Waals surface area contributed by atoms with Crippen LogP contribution in [0.1, 0.15) is 63.5 Å². The summed E-state index contributed by atoms with van der Waals surface area (Å²) >= 11 is 0. The molecule has 7 rings (SSSR count). The Kier molecular flexibility index (Phi) is 5.91. The highest BCUT2D eigenvalue weighted by atomic mass is 16.5. The van der Waals surface area contributed by atoms with Crippen molar-refractivity contribution in [1.82, 2.24) is 0 Å². The maximum Gasteiger partial charge on any atom is 0.264 e. The summed E-state index contributed by atoms with van der Waals surface area (Å²) in [6, 6.07) is 15.0. The van der Waals surface area contributed by atoms with Crippen LogP contribution in [-0.2, 0) is 4.74 Å². The molecule has 2 aromatic rings. The number of para-hydroxylation sites is 1. The van der Waals surface area contributed by atoms with Crippen LogP contribution in [0.5, 0.6) is 11.5 Å². The van der Waals surface area contributed by atoms with Gasteiger partial charge in [0.25, 0.3) is 5.75 Å². The zero-order valence-corrected chi connectivity index (χ0v) is 22.4. The van der Waals surface area contributed by atoms with Crippen molar-refractivity contribution < 1.29 is 14.2 Å². The summed E-state index contributed by atoms with van der Waals surface area (Å²) in [5.74, 6) is 4.06. The third kappa shape index (κ3) is 3.98. The Hall–Kier alpha value is -3.66. The number of nitrogens with zero attached hydrogens (tertiary/aromatic N) is 1. The Morgan fingerprint density at radius 3 is 2.71 bits per heavy atom. The lowest BCUT2D eigenvalue weighted by molar-refractivity contribution is 0.0213.